The molecular formula is C11H20N6O. The smallest absolute Gasteiger partial charge is 0.223 e. The fraction of sp³-hybridized carbons (Fsp3) is 0.818. The number of hydrogen-bond donors (Lipinski definition) is 3. The first-order chi connectivity index (χ1) is 8.70. The maximum absolute atomic E-state index is 12.1. The van der Waals surface area contributed by atoms with Crippen LogP contribution in [-0.4, -0.2) is 32.6 Å². The molecule has 18 heavy (non-hydrogen) atoms. The quantitative estimate of drug-likeness (QED) is 0.697. The number of nitrogens with zero attached hydrogens (tertiary/aromatic N) is 3. The Morgan fingerprint density at radius 3 is 3.00 bits per heavy atom. The fourth-order valence-corrected chi connectivity index (χ4v) is 2.42. The minimum absolute atomic E-state index is 0.0336. The molecule has 1 aromatic rings. The number of amides is 1. The molecule has 1 aromatic heterocycles. The van der Waals surface area contributed by atoms with Gasteiger partial charge in [-0.25, -0.2) is 0 Å². The van der Waals surface area contributed by atoms with Crippen molar-refractivity contribution < 1.29 is 4.79 Å². The van der Waals surface area contributed by atoms with Gasteiger partial charge in [0.2, 0.25) is 5.91 Å². The molecule has 0 saturated heterocycles. The third-order valence-electron chi connectivity index (χ3n) is 3.41. The van der Waals surface area contributed by atoms with Gasteiger partial charge < -0.3 is 11.1 Å². The van der Waals surface area contributed by atoms with Gasteiger partial charge in [-0.3, -0.25) is 4.79 Å². The summed E-state index contributed by atoms with van der Waals surface area (Å²) in [4.78, 5) is 12.1. The first-order valence-corrected chi connectivity index (χ1v) is 6.50. The largest absolute Gasteiger partial charge is 0.346 e. The topological polar surface area (TPSA) is 110 Å². The van der Waals surface area contributed by atoms with E-state index in [0.717, 1.165) is 32.1 Å². The first-order valence-electron chi connectivity index (χ1n) is 6.50. The standard InChI is InChI=1S/C11H20N6O/c1-2-3-9(10-14-16-17-15-10)13-11(18)7-4-5-8(12)6-7/h7-9H,2-6,12H2,1H3,(H,13,18)(H,14,15,16,17). The molecule has 1 amide bonds. The highest BCUT2D eigenvalue weighted by molar-refractivity contribution is 5.79. The van der Waals surface area contributed by atoms with Crippen LogP contribution in [0.25, 0.3) is 0 Å². The molecule has 0 aromatic carbocycles. The first kappa shape index (κ1) is 12.9. The van der Waals surface area contributed by atoms with Crippen molar-refractivity contribution in [3.63, 3.8) is 0 Å². The highest BCUT2D eigenvalue weighted by atomic mass is 16.2. The zero-order valence-corrected chi connectivity index (χ0v) is 10.6. The molecular weight excluding hydrogens is 232 g/mol. The number of aromatic nitrogens is 4. The second-order valence-electron chi connectivity index (χ2n) is 4.89. The molecule has 0 aliphatic heterocycles. The van der Waals surface area contributed by atoms with E-state index in [-0.39, 0.29) is 23.9 Å². The van der Waals surface area contributed by atoms with Crippen molar-refractivity contribution >= 4 is 5.91 Å². The number of nitrogens with one attached hydrogen (secondary N) is 2. The van der Waals surface area contributed by atoms with E-state index in [9.17, 15) is 4.79 Å². The van der Waals surface area contributed by atoms with Gasteiger partial charge >= 0.3 is 0 Å². The number of aromatic amines is 1. The minimum Gasteiger partial charge on any atom is -0.346 e. The highest BCUT2D eigenvalue weighted by Gasteiger charge is 2.29. The summed E-state index contributed by atoms with van der Waals surface area (Å²) < 4.78 is 0. The normalized spacial score (nSPS) is 25.0. The van der Waals surface area contributed by atoms with Crippen LogP contribution in [0.1, 0.15) is 50.9 Å². The molecule has 4 N–H and O–H groups in total. The number of carbonyl (C=O) groups excluding carboxylic acids is 1. The maximum atomic E-state index is 12.1. The summed E-state index contributed by atoms with van der Waals surface area (Å²) in [5, 5.41) is 16.8. The van der Waals surface area contributed by atoms with Gasteiger partial charge in [0.25, 0.3) is 0 Å². The van der Waals surface area contributed by atoms with E-state index in [1.165, 1.54) is 0 Å². The molecule has 0 bridgehead atoms. The number of nitrogens with two attached hydrogens (primary N) is 1. The average Bonchev–Trinajstić information content (AvgIpc) is 2.98. The van der Waals surface area contributed by atoms with Gasteiger partial charge in [-0.05, 0) is 25.7 Å². The van der Waals surface area contributed by atoms with E-state index in [0.29, 0.717) is 5.82 Å². The Hall–Kier alpha value is -1.50. The highest BCUT2D eigenvalue weighted by Crippen LogP contribution is 2.25. The van der Waals surface area contributed by atoms with Crippen molar-refractivity contribution in [2.75, 3.05) is 0 Å². The van der Waals surface area contributed by atoms with Gasteiger partial charge in [-0.1, -0.05) is 18.6 Å². The molecule has 1 fully saturated rings. The molecule has 7 nitrogen and oxygen atoms in total. The Labute approximate surface area is 106 Å². The predicted molar refractivity (Wildman–Crippen MR) is 65.3 cm³/mol. The molecule has 2 rings (SSSR count). The molecule has 0 radical (unpaired) electrons. The zero-order valence-electron chi connectivity index (χ0n) is 10.6. The number of hydrogen-bond acceptors (Lipinski definition) is 5. The summed E-state index contributed by atoms with van der Waals surface area (Å²) in [5.74, 6) is 0.643. The lowest BCUT2D eigenvalue weighted by Crippen LogP contribution is -2.34. The van der Waals surface area contributed by atoms with Crippen molar-refractivity contribution in [2.45, 2.75) is 51.1 Å². The van der Waals surface area contributed by atoms with Crippen LogP contribution in [0, 0.1) is 5.92 Å². The van der Waals surface area contributed by atoms with Gasteiger partial charge in [0.1, 0.15) is 0 Å². The molecule has 100 valence electrons. The molecule has 7 heteroatoms. The van der Waals surface area contributed by atoms with Crippen molar-refractivity contribution in [3.05, 3.63) is 5.82 Å². The molecule has 3 atom stereocenters. The Morgan fingerprint density at radius 2 is 2.44 bits per heavy atom. The Kier molecular flexibility index (Phi) is 4.24. The summed E-state index contributed by atoms with van der Waals surface area (Å²) in [5.41, 5.74) is 5.83. The summed E-state index contributed by atoms with van der Waals surface area (Å²) in [6.45, 7) is 2.06. The lowest BCUT2D eigenvalue weighted by molar-refractivity contribution is -0.125. The fourth-order valence-electron chi connectivity index (χ4n) is 2.42. The van der Waals surface area contributed by atoms with E-state index in [1.54, 1.807) is 0 Å². The monoisotopic (exact) mass is 252 g/mol. The maximum Gasteiger partial charge on any atom is 0.223 e. The van der Waals surface area contributed by atoms with Crippen LogP contribution in [-0.2, 0) is 4.79 Å². The lowest BCUT2D eigenvalue weighted by atomic mass is 10.1. The van der Waals surface area contributed by atoms with Crippen molar-refractivity contribution in [1.29, 1.82) is 0 Å². The zero-order chi connectivity index (χ0) is 13.0. The predicted octanol–water partition coefficient (Wildman–Crippen LogP) is 0.285. The number of carbonyl (C=O) groups is 1. The number of tetrazole rings is 1. The van der Waals surface area contributed by atoms with Gasteiger partial charge in [0, 0.05) is 12.0 Å². The second kappa shape index (κ2) is 5.90. The Morgan fingerprint density at radius 1 is 1.61 bits per heavy atom. The van der Waals surface area contributed by atoms with Crippen LogP contribution in [0.3, 0.4) is 0 Å². The van der Waals surface area contributed by atoms with Crippen molar-refractivity contribution in [3.8, 4) is 0 Å². The number of rotatable bonds is 5. The van der Waals surface area contributed by atoms with E-state index in [1.807, 2.05) is 0 Å². The Bertz CT molecular complexity index is 379. The molecule has 1 heterocycles. The summed E-state index contributed by atoms with van der Waals surface area (Å²) in [7, 11) is 0. The molecule has 1 aliphatic carbocycles. The summed E-state index contributed by atoms with van der Waals surface area (Å²) >= 11 is 0. The van der Waals surface area contributed by atoms with E-state index < -0.39 is 0 Å². The SMILES string of the molecule is CCCC(NC(=O)C1CCC(N)C1)c1nn[nH]n1. The third kappa shape index (κ3) is 3.04. The molecule has 0 spiro atoms. The van der Waals surface area contributed by atoms with Crippen LogP contribution in [0.4, 0.5) is 0 Å². The van der Waals surface area contributed by atoms with Gasteiger partial charge in [-0.2, -0.15) is 5.21 Å². The average molecular weight is 252 g/mol. The second-order valence-corrected chi connectivity index (χ2v) is 4.89. The summed E-state index contributed by atoms with van der Waals surface area (Å²) in [6, 6.07) is 0.00799. The minimum atomic E-state index is -0.155. The lowest BCUT2D eigenvalue weighted by Gasteiger charge is -2.17. The van der Waals surface area contributed by atoms with Crippen molar-refractivity contribution in [1.82, 2.24) is 25.9 Å². The van der Waals surface area contributed by atoms with Gasteiger partial charge in [0.15, 0.2) is 5.82 Å². The van der Waals surface area contributed by atoms with Gasteiger partial charge in [-0.15, -0.1) is 10.2 Å². The van der Waals surface area contributed by atoms with Crippen LogP contribution in [0.2, 0.25) is 0 Å². The van der Waals surface area contributed by atoms with Crippen LogP contribution >= 0.6 is 0 Å². The Balaban J connectivity index is 1.94. The summed E-state index contributed by atoms with van der Waals surface area (Å²) in [6.07, 6.45) is 4.33. The number of H-pyrrole nitrogens is 1. The molecule has 3 unspecified atom stereocenters. The van der Waals surface area contributed by atoms with Gasteiger partial charge in [0.05, 0.1) is 6.04 Å². The van der Waals surface area contributed by atoms with E-state index in [4.69, 9.17) is 5.73 Å². The van der Waals surface area contributed by atoms with Crippen LogP contribution in [0.15, 0.2) is 0 Å². The third-order valence-corrected chi connectivity index (χ3v) is 3.41. The molecule has 1 aliphatic rings. The molecule has 1 saturated carbocycles. The van der Waals surface area contributed by atoms with Crippen molar-refractivity contribution in [2.24, 2.45) is 11.7 Å². The van der Waals surface area contributed by atoms with Crippen LogP contribution in [0.5, 0.6) is 0 Å². The van der Waals surface area contributed by atoms with E-state index >= 15 is 0 Å². The van der Waals surface area contributed by atoms with E-state index in [2.05, 4.69) is 32.9 Å². The van der Waals surface area contributed by atoms with Crippen LogP contribution < -0.4 is 11.1 Å².